The Labute approximate surface area is 340 Å². The van der Waals surface area contributed by atoms with E-state index in [1.54, 1.807) is 38.4 Å². The monoisotopic (exact) mass is 805 g/mol. The number of hydrogen-bond acceptors (Lipinski definition) is 13. The molecule has 308 valence electrons. The predicted molar refractivity (Wildman–Crippen MR) is 225 cm³/mol. The molecule has 16 heteroatoms. The molecule has 1 aliphatic heterocycles. The van der Waals surface area contributed by atoms with Gasteiger partial charge in [0.2, 0.25) is 18.3 Å². The number of halogens is 1. The molecule has 0 bridgehead atoms. The summed E-state index contributed by atoms with van der Waals surface area (Å²) >= 11 is 6.51. The van der Waals surface area contributed by atoms with Gasteiger partial charge >= 0.3 is 0 Å². The number of allylic oxidation sites excluding steroid dienone is 1. The summed E-state index contributed by atoms with van der Waals surface area (Å²) < 4.78 is 5.37. The summed E-state index contributed by atoms with van der Waals surface area (Å²) in [5.41, 5.74) is 4.36. The van der Waals surface area contributed by atoms with E-state index in [-0.39, 0.29) is 18.9 Å². The Balaban J connectivity index is 0.00000207. The van der Waals surface area contributed by atoms with Gasteiger partial charge < -0.3 is 35.3 Å². The normalized spacial score (nSPS) is 13.7. The van der Waals surface area contributed by atoms with Crippen LogP contribution in [0.1, 0.15) is 59.7 Å². The molecule has 4 rings (SSSR count). The van der Waals surface area contributed by atoms with Gasteiger partial charge in [0, 0.05) is 68.2 Å². The van der Waals surface area contributed by atoms with Crippen molar-refractivity contribution in [3.8, 4) is 0 Å². The van der Waals surface area contributed by atoms with Crippen LogP contribution >= 0.6 is 11.6 Å². The van der Waals surface area contributed by atoms with Gasteiger partial charge in [0.25, 0.3) is 0 Å². The molecule has 3 aromatic rings. The second kappa shape index (κ2) is 23.8. The minimum Gasteiger partial charge on any atom is -0.491 e. The Morgan fingerprint density at radius 2 is 1.74 bits per heavy atom. The van der Waals surface area contributed by atoms with Crippen molar-refractivity contribution in [2.45, 2.75) is 57.8 Å². The van der Waals surface area contributed by atoms with Crippen molar-refractivity contribution in [2.75, 3.05) is 77.5 Å². The lowest BCUT2D eigenvalue weighted by Gasteiger charge is -2.37. The van der Waals surface area contributed by atoms with Gasteiger partial charge in [-0.05, 0) is 96.8 Å². The van der Waals surface area contributed by atoms with Crippen LogP contribution in [0.2, 0.25) is 5.02 Å². The number of amides is 2. The fraction of sp³-hybridized carbons (Fsp3) is 0.439. The van der Waals surface area contributed by atoms with E-state index < -0.39 is 6.04 Å². The molecule has 0 aliphatic carbocycles. The van der Waals surface area contributed by atoms with Crippen molar-refractivity contribution in [2.24, 2.45) is 0 Å². The van der Waals surface area contributed by atoms with Crippen molar-refractivity contribution < 1.29 is 28.7 Å². The van der Waals surface area contributed by atoms with E-state index in [1.165, 1.54) is 0 Å². The third kappa shape index (κ3) is 15.0. The van der Waals surface area contributed by atoms with Gasteiger partial charge in [0.15, 0.2) is 12.1 Å². The first-order valence-corrected chi connectivity index (χ1v) is 19.1. The van der Waals surface area contributed by atoms with Gasteiger partial charge in [-0.3, -0.25) is 29.0 Å². The Morgan fingerprint density at radius 3 is 2.37 bits per heavy atom. The molecule has 2 heterocycles. The van der Waals surface area contributed by atoms with Crippen molar-refractivity contribution in [3.05, 3.63) is 75.6 Å². The number of benzene rings is 2. The number of ether oxygens (including phenoxy) is 1. The Bertz CT molecular complexity index is 1830. The molecule has 0 radical (unpaired) electrons. The van der Waals surface area contributed by atoms with E-state index in [0.29, 0.717) is 83.3 Å². The van der Waals surface area contributed by atoms with Crippen LogP contribution in [-0.4, -0.2) is 130 Å². The number of rotatable bonds is 20. The zero-order valence-electron chi connectivity index (χ0n) is 34.0. The maximum Gasteiger partial charge on any atom is 0.227 e. The average Bonchev–Trinajstić information content (AvgIpc) is 3.19. The zero-order valence-corrected chi connectivity index (χ0v) is 34.7. The SMILES string of the molecule is CN(C)C.CNC(=O)CCC(C=O)N(C)Cc1cc(CN(C)C2CCN(c3ncc(Cl)c(Nc4ccc(NC=O)c(/C=C(\C)OCC=O)c4)n3)CC2)ccc1C=O. The maximum atomic E-state index is 11.9. The van der Waals surface area contributed by atoms with Gasteiger partial charge in [-0.25, -0.2) is 4.98 Å². The third-order valence-electron chi connectivity index (χ3n) is 9.22. The molecule has 1 saturated heterocycles. The molecule has 1 aromatic heterocycles. The summed E-state index contributed by atoms with van der Waals surface area (Å²) in [6.45, 7) is 4.20. The minimum absolute atomic E-state index is 0.0760. The van der Waals surface area contributed by atoms with E-state index >= 15 is 0 Å². The molecule has 1 aliphatic rings. The quantitative estimate of drug-likeness (QED) is 0.107. The fourth-order valence-corrected chi connectivity index (χ4v) is 6.37. The van der Waals surface area contributed by atoms with E-state index in [9.17, 15) is 24.0 Å². The first kappa shape index (κ1) is 46.2. The number of piperidine rings is 1. The van der Waals surface area contributed by atoms with Crippen LogP contribution < -0.4 is 20.9 Å². The molecule has 1 unspecified atom stereocenters. The molecule has 2 aromatic carbocycles. The summed E-state index contributed by atoms with van der Waals surface area (Å²) in [7, 11) is 11.5. The molecule has 3 N–H and O–H groups in total. The first-order chi connectivity index (χ1) is 27.3. The van der Waals surface area contributed by atoms with E-state index in [2.05, 4.69) is 37.8 Å². The lowest BCUT2D eigenvalue weighted by atomic mass is 10.0. The molecular formula is C41H56ClN9O6. The summed E-state index contributed by atoms with van der Waals surface area (Å²) in [5, 5.41) is 8.86. The number of aldehydes is 3. The number of likely N-dealkylation sites (N-methyl/N-ethyl adjacent to an activating group) is 1. The highest BCUT2D eigenvalue weighted by Crippen LogP contribution is 2.30. The van der Waals surface area contributed by atoms with E-state index in [4.69, 9.17) is 21.3 Å². The number of carbonyl (C=O) groups is 5. The predicted octanol–water partition coefficient (Wildman–Crippen LogP) is 4.63. The molecule has 0 spiro atoms. The van der Waals surface area contributed by atoms with Crippen LogP contribution in [0.3, 0.4) is 0 Å². The second-order valence-corrected chi connectivity index (χ2v) is 14.7. The lowest BCUT2D eigenvalue weighted by molar-refractivity contribution is -0.121. The van der Waals surface area contributed by atoms with Gasteiger partial charge in [0.05, 0.1) is 18.0 Å². The van der Waals surface area contributed by atoms with Crippen LogP contribution in [0, 0.1) is 0 Å². The lowest BCUT2D eigenvalue weighted by Crippen LogP contribution is -2.43. The number of anilines is 4. The Morgan fingerprint density at radius 1 is 1.02 bits per heavy atom. The van der Waals surface area contributed by atoms with E-state index in [0.717, 1.165) is 49.6 Å². The number of hydrogen-bond donors (Lipinski definition) is 3. The molecular weight excluding hydrogens is 750 g/mol. The topological polar surface area (TPSA) is 169 Å². The van der Waals surface area contributed by atoms with E-state index in [1.807, 2.05) is 62.3 Å². The third-order valence-corrected chi connectivity index (χ3v) is 9.50. The highest BCUT2D eigenvalue weighted by molar-refractivity contribution is 6.32. The van der Waals surface area contributed by atoms with Gasteiger partial charge in [0.1, 0.15) is 24.2 Å². The standard InChI is InChI=1S/C38H47ClN8O6.C3H9N/c1-26(53-16-15-48)17-29-19-31(7-9-35(29)42-25-51)43-37-34(39)20-41-38(44-37)47-13-11-32(12-14-47)45(3)21-27-5-6-28(23-49)30(18-27)22-46(4)33(24-50)8-10-36(52)40-2;1-4(2)3/h5-7,9,15,17-20,23-25,32-33H,8,10-14,16,21-22H2,1-4H3,(H,40,52)(H,42,51)(H,41,43,44);1-3H3/b26-17+;. The summed E-state index contributed by atoms with van der Waals surface area (Å²) in [4.78, 5) is 74.8. The minimum atomic E-state index is -0.446. The van der Waals surface area contributed by atoms with Gasteiger partial charge in [-0.15, -0.1) is 0 Å². The summed E-state index contributed by atoms with van der Waals surface area (Å²) in [6, 6.07) is 11.0. The number of nitrogens with one attached hydrogen (secondary N) is 3. The molecule has 1 fully saturated rings. The molecule has 0 saturated carbocycles. The number of nitrogens with zero attached hydrogens (tertiary/aromatic N) is 6. The highest BCUT2D eigenvalue weighted by atomic mass is 35.5. The Hall–Kier alpha value is -5.22. The average molecular weight is 806 g/mol. The fourth-order valence-electron chi connectivity index (χ4n) is 6.23. The largest absolute Gasteiger partial charge is 0.491 e. The molecule has 1 atom stereocenters. The van der Waals surface area contributed by atoms with Crippen LogP contribution in [0.15, 0.2) is 48.4 Å². The molecule has 2 amide bonds. The highest BCUT2D eigenvalue weighted by Gasteiger charge is 2.25. The maximum absolute atomic E-state index is 11.9. The molecule has 57 heavy (non-hydrogen) atoms. The zero-order chi connectivity index (χ0) is 41.9. The van der Waals surface area contributed by atoms with Crippen molar-refractivity contribution in [3.63, 3.8) is 0 Å². The number of carbonyl (C=O) groups excluding carboxylic acids is 5. The van der Waals surface area contributed by atoms with Crippen LogP contribution in [-0.2, 0) is 37.0 Å². The van der Waals surface area contributed by atoms with Crippen LogP contribution in [0.4, 0.5) is 23.1 Å². The van der Waals surface area contributed by atoms with Crippen molar-refractivity contribution in [1.29, 1.82) is 0 Å². The van der Waals surface area contributed by atoms with Crippen LogP contribution in [0.25, 0.3) is 6.08 Å². The summed E-state index contributed by atoms with van der Waals surface area (Å²) in [6.07, 6.45) is 8.62. The van der Waals surface area contributed by atoms with Gasteiger partial charge in [-0.2, -0.15) is 4.98 Å². The summed E-state index contributed by atoms with van der Waals surface area (Å²) in [5.74, 6) is 1.37. The molecule has 15 nitrogen and oxygen atoms in total. The number of aromatic nitrogens is 2. The second-order valence-electron chi connectivity index (χ2n) is 14.2. The first-order valence-electron chi connectivity index (χ1n) is 18.7. The Kier molecular flexibility index (Phi) is 19.2. The van der Waals surface area contributed by atoms with Crippen molar-refractivity contribution in [1.82, 2.24) is 30.0 Å². The van der Waals surface area contributed by atoms with Crippen LogP contribution in [0.5, 0.6) is 0 Å². The smallest absolute Gasteiger partial charge is 0.227 e. The van der Waals surface area contributed by atoms with Crippen molar-refractivity contribution >= 4 is 72.0 Å². The van der Waals surface area contributed by atoms with Gasteiger partial charge in [-0.1, -0.05) is 29.8 Å².